The Morgan fingerprint density at radius 1 is 1.59 bits per heavy atom. The van der Waals surface area contributed by atoms with E-state index in [4.69, 9.17) is 0 Å². The minimum Gasteiger partial charge on any atom is -0.364 e. The number of likely N-dealkylation sites (N-methyl/N-ethyl adjacent to an activating group) is 1. The second-order valence-corrected chi connectivity index (χ2v) is 4.48. The van der Waals surface area contributed by atoms with Crippen LogP contribution in [-0.4, -0.2) is 40.1 Å². The largest absolute Gasteiger partial charge is 0.364 e. The molecule has 1 heterocycles. The van der Waals surface area contributed by atoms with E-state index in [9.17, 15) is 4.79 Å². The zero-order valence-electron chi connectivity index (χ0n) is 10.5. The van der Waals surface area contributed by atoms with Gasteiger partial charge in [-0.25, -0.2) is 4.98 Å². The van der Waals surface area contributed by atoms with Crippen molar-refractivity contribution in [3.63, 3.8) is 0 Å². The Hall–Kier alpha value is -1.36. The molecule has 5 nitrogen and oxygen atoms in total. The summed E-state index contributed by atoms with van der Waals surface area (Å²) in [6, 6.07) is 0.772. The monoisotopic (exact) mass is 236 g/mol. The van der Waals surface area contributed by atoms with Crippen LogP contribution in [-0.2, 0) is 7.05 Å². The average molecular weight is 236 g/mol. The third-order valence-corrected chi connectivity index (χ3v) is 3.18. The Balaban J connectivity index is 1.85. The van der Waals surface area contributed by atoms with Gasteiger partial charge in [0.05, 0.1) is 0 Å². The molecular weight excluding hydrogens is 216 g/mol. The second kappa shape index (κ2) is 5.31. The van der Waals surface area contributed by atoms with Crippen LogP contribution in [0.3, 0.4) is 0 Å². The summed E-state index contributed by atoms with van der Waals surface area (Å²) in [5.41, 5.74) is -0.0676. The molecule has 1 fully saturated rings. The Kier molecular flexibility index (Phi) is 3.78. The lowest BCUT2D eigenvalue weighted by Gasteiger charge is -2.19. The van der Waals surface area contributed by atoms with Gasteiger partial charge in [-0.05, 0) is 19.4 Å². The first-order chi connectivity index (χ1) is 8.22. The Morgan fingerprint density at radius 2 is 2.35 bits per heavy atom. The number of aryl methyl sites for hydroxylation is 1. The molecule has 0 saturated heterocycles. The van der Waals surface area contributed by atoms with Crippen molar-refractivity contribution in [2.24, 2.45) is 7.05 Å². The highest BCUT2D eigenvalue weighted by atomic mass is 16.1. The summed E-state index contributed by atoms with van der Waals surface area (Å²) in [6.07, 6.45) is 5.94. The number of hydrogen-bond donors (Lipinski definition) is 1. The average Bonchev–Trinajstić information content (AvgIpc) is 3.14. The van der Waals surface area contributed by atoms with E-state index >= 15 is 0 Å². The van der Waals surface area contributed by atoms with Gasteiger partial charge >= 0.3 is 0 Å². The summed E-state index contributed by atoms with van der Waals surface area (Å²) < 4.78 is 1.54. The molecule has 1 N–H and O–H groups in total. The van der Waals surface area contributed by atoms with Crippen molar-refractivity contribution in [2.45, 2.75) is 25.8 Å². The molecule has 0 aliphatic heterocycles. The van der Waals surface area contributed by atoms with Crippen molar-refractivity contribution in [3.8, 4) is 0 Å². The van der Waals surface area contributed by atoms with E-state index in [1.165, 1.54) is 17.4 Å². The molecule has 0 aromatic carbocycles. The molecule has 0 spiro atoms. The fraction of sp³-hybridized carbons (Fsp3) is 0.667. The Bertz CT molecular complexity index is 425. The van der Waals surface area contributed by atoms with Gasteiger partial charge in [0.1, 0.15) is 0 Å². The van der Waals surface area contributed by atoms with E-state index in [2.05, 4.69) is 22.1 Å². The Morgan fingerprint density at radius 3 is 3.00 bits per heavy atom. The highest BCUT2D eigenvalue weighted by molar-refractivity contribution is 5.30. The van der Waals surface area contributed by atoms with Gasteiger partial charge in [-0.1, -0.05) is 6.92 Å². The molecule has 1 aromatic rings. The molecule has 94 valence electrons. The van der Waals surface area contributed by atoms with Gasteiger partial charge < -0.3 is 9.88 Å². The molecule has 5 heteroatoms. The molecule has 0 unspecified atom stereocenters. The van der Waals surface area contributed by atoms with Crippen LogP contribution in [0.2, 0.25) is 0 Å². The first-order valence-corrected chi connectivity index (χ1v) is 6.22. The minimum absolute atomic E-state index is 0.0676. The van der Waals surface area contributed by atoms with Crippen LogP contribution in [0.5, 0.6) is 0 Å². The summed E-state index contributed by atoms with van der Waals surface area (Å²) in [7, 11) is 1.73. The van der Waals surface area contributed by atoms with Crippen molar-refractivity contribution in [3.05, 3.63) is 22.7 Å². The summed E-state index contributed by atoms with van der Waals surface area (Å²) in [5.74, 6) is 0.446. The molecular formula is C12H20N4O. The van der Waals surface area contributed by atoms with E-state index in [-0.39, 0.29) is 5.56 Å². The molecule has 0 amide bonds. The predicted molar refractivity (Wildman–Crippen MR) is 68.2 cm³/mol. The molecule has 1 aliphatic rings. The highest BCUT2D eigenvalue weighted by Crippen LogP contribution is 2.25. The third kappa shape index (κ3) is 3.06. The van der Waals surface area contributed by atoms with Gasteiger partial charge in [0.25, 0.3) is 5.56 Å². The van der Waals surface area contributed by atoms with Crippen molar-refractivity contribution in [1.82, 2.24) is 14.5 Å². The smallest absolute Gasteiger partial charge is 0.293 e. The number of aromatic nitrogens is 2. The Labute approximate surface area is 101 Å². The van der Waals surface area contributed by atoms with Crippen LogP contribution in [0, 0.1) is 0 Å². The molecule has 0 bridgehead atoms. The first-order valence-electron chi connectivity index (χ1n) is 6.22. The molecule has 0 radical (unpaired) electrons. The molecule has 2 rings (SSSR count). The maximum absolute atomic E-state index is 11.7. The van der Waals surface area contributed by atoms with Gasteiger partial charge in [-0.2, -0.15) is 0 Å². The van der Waals surface area contributed by atoms with Crippen LogP contribution >= 0.6 is 0 Å². The topological polar surface area (TPSA) is 50.2 Å². The molecule has 1 aromatic heterocycles. The van der Waals surface area contributed by atoms with Gasteiger partial charge in [-0.15, -0.1) is 0 Å². The van der Waals surface area contributed by atoms with Gasteiger partial charge in [0.15, 0.2) is 5.82 Å². The van der Waals surface area contributed by atoms with Crippen molar-refractivity contribution in [1.29, 1.82) is 0 Å². The van der Waals surface area contributed by atoms with E-state index in [0.29, 0.717) is 5.82 Å². The van der Waals surface area contributed by atoms with E-state index in [1.807, 2.05) is 0 Å². The van der Waals surface area contributed by atoms with E-state index < -0.39 is 0 Å². The van der Waals surface area contributed by atoms with Crippen LogP contribution < -0.4 is 10.9 Å². The van der Waals surface area contributed by atoms with Crippen LogP contribution in [0.1, 0.15) is 19.8 Å². The first kappa shape index (κ1) is 12.1. The number of nitrogens with one attached hydrogen (secondary N) is 1. The molecule has 17 heavy (non-hydrogen) atoms. The van der Waals surface area contributed by atoms with Crippen LogP contribution in [0.15, 0.2) is 17.2 Å². The lowest BCUT2D eigenvalue weighted by molar-refractivity contribution is 0.289. The number of rotatable bonds is 6. The fourth-order valence-corrected chi connectivity index (χ4v) is 1.98. The second-order valence-electron chi connectivity index (χ2n) is 4.48. The minimum atomic E-state index is -0.0676. The highest BCUT2D eigenvalue weighted by Gasteiger charge is 2.27. The van der Waals surface area contributed by atoms with E-state index in [1.54, 1.807) is 19.4 Å². The van der Waals surface area contributed by atoms with Crippen molar-refractivity contribution in [2.75, 3.05) is 25.0 Å². The molecule has 0 atom stereocenters. The lowest BCUT2D eigenvalue weighted by atomic mass is 10.4. The van der Waals surface area contributed by atoms with E-state index in [0.717, 1.165) is 25.7 Å². The van der Waals surface area contributed by atoms with Gasteiger partial charge in [0.2, 0.25) is 0 Å². The number of anilines is 1. The van der Waals surface area contributed by atoms with Crippen molar-refractivity contribution < 1.29 is 0 Å². The van der Waals surface area contributed by atoms with Gasteiger partial charge in [-0.3, -0.25) is 9.69 Å². The summed E-state index contributed by atoms with van der Waals surface area (Å²) >= 11 is 0. The standard InChI is InChI=1S/C12H20N4O/c1-3-16(10-4-5-10)9-7-14-11-12(17)15(2)8-6-13-11/h6,8,10H,3-5,7,9H2,1-2H3,(H,13,14). The number of hydrogen-bond acceptors (Lipinski definition) is 4. The maximum Gasteiger partial charge on any atom is 0.293 e. The summed E-state index contributed by atoms with van der Waals surface area (Å²) in [4.78, 5) is 18.2. The van der Waals surface area contributed by atoms with Gasteiger partial charge in [0, 0.05) is 38.6 Å². The van der Waals surface area contributed by atoms with Crippen LogP contribution in [0.4, 0.5) is 5.82 Å². The zero-order valence-corrected chi connectivity index (χ0v) is 10.5. The normalized spacial score (nSPS) is 15.2. The molecule has 1 saturated carbocycles. The SMILES string of the molecule is CCN(CCNc1nccn(C)c1=O)C1CC1. The summed E-state index contributed by atoms with van der Waals surface area (Å²) in [6.45, 7) is 5.00. The molecule has 1 aliphatic carbocycles. The number of nitrogens with zero attached hydrogens (tertiary/aromatic N) is 3. The maximum atomic E-state index is 11.7. The third-order valence-electron chi connectivity index (χ3n) is 3.18. The summed E-state index contributed by atoms with van der Waals surface area (Å²) in [5, 5.41) is 3.12. The predicted octanol–water partition coefficient (Wildman–Crippen LogP) is 0.676. The quantitative estimate of drug-likeness (QED) is 0.789. The zero-order chi connectivity index (χ0) is 12.3. The van der Waals surface area contributed by atoms with Crippen LogP contribution in [0.25, 0.3) is 0 Å². The fourth-order valence-electron chi connectivity index (χ4n) is 1.98. The van der Waals surface area contributed by atoms with Crippen molar-refractivity contribution >= 4 is 5.82 Å². The lowest BCUT2D eigenvalue weighted by Crippen LogP contribution is -2.32.